The van der Waals surface area contributed by atoms with Gasteiger partial charge in [0.25, 0.3) is 0 Å². The van der Waals surface area contributed by atoms with Crippen LogP contribution in [-0.4, -0.2) is 9.55 Å². The molecule has 0 saturated heterocycles. The summed E-state index contributed by atoms with van der Waals surface area (Å²) in [6.07, 6.45) is 0. The van der Waals surface area contributed by atoms with Crippen molar-refractivity contribution in [2.24, 2.45) is 7.05 Å². The zero-order chi connectivity index (χ0) is 19.8. The van der Waals surface area contributed by atoms with E-state index >= 15 is 0 Å². The minimum Gasteiger partial charge on any atom is -0.344 e. The maximum atomic E-state index is 5.08. The van der Waals surface area contributed by atoms with Gasteiger partial charge in [0.05, 0.1) is 11.2 Å². The van der Waals surface area contributed by atoms with E-state index in [4.69, 9.17) is 4.98 Å². The van der Waals surface area contributed by atoms with Crippen molar-refractivity contribution in [3.8, 4) is 33.5 Å². The number of fused-ring (bicyclic) bond motifs is 6. The average molecular weight is 382 g/mol. The molecular weight excluding hydrogens is 364 g/mol. The van der Waals surface area contributed by atoms with E-state index in [2.05, 4.69) is 103 Å². The SMILES string of the molecule is Cn1c2ccccc2c2cc(-c3cc4c5c(cccc5n3)-c3ccccc3-4)ccc21. The number of hydrogen-bond acceptors (Lipinski definition) is 1. The quantitative estimate of drug-likeness (QED) is 0.294. The van der Waals surface area contributed by atoms with E-state index in [0.717, 1.165) is 16.8 Å². The van der Waals surface area contributed by atoms with Crippen molar-refractivity contribution in [3.05, 3.63) is 91.0 Å². The average Bonchev–Trinajstić information content (AvgIpc) is 3.28. The molecule has 4 aromatic carbocycles. The molecule has 1 aliphatic rings. The summed E-state index contributed by atoms with van der Waals surface area (Å²) >= 11 is 0. The zero-order valence-electron chi connectivity index (χ0n) is 16.6. The standard InChI is InChI=1S/C28H18N2/c1-30-26-12-5-4-9-20(26)22-15-17(13-14-27(22)30)25-16-23-19-8-3-2-7-18(19)21-10-6-11-24(29-25)28(21)23/h2-16H,1H3. The maximum absolute atomic E-state index is 5.08. The molecule has 0 radical (unpaired) electrons. The first-order valence-electron chi connectivity index (χ1n) is 10.3. The summed E-state index contributed by atoms with van der Waals surface area (Å²) in [6, 6.07) is 32.7. The van der Waals surface area contributed by atoms with E-state index in [0.29, 0.717) is 0 Å². The van der Waals surface area contributed by atoms with Crippen LogP contribution in [0.5, 0.6) is 0 Å². The highest BCUT2D eigenvalue weighted by Gasteiger charge is 2.22. The molecule has 140 valence electrons. The Labute approximate surface area is 174 Å². The van der Waals surface area contributed by atoms with Crippen LogP contribution in [0, 0.1) is 0 Å². The van der Waals surface area contributed by atoms with Gasteiger partial charge in [0, 0.05) is 39.8 Å². The molecule has 0 unspecified atom stereocenters. The Balaban J connectivity index is 1.53. The Kier molecular flexibility index (Phi) is 2.97. The fourth-order valence-electron chi connectivity index (χ4n) is 5.15. The Bertz CT molecular complexity index is 1650. The highest BCUT2D eigenvalue weighted by atomic mass is 14.9. The van der Waals surface area contributed by atoms with Gasteiger partial charge in [0.1, 0.15) is 0 Å². The van der Waals surface area contributed by atoms with Crippen LogP contribution >= 0.6 is 0 Å². The smallest absolute Gasteiger partial charge is 0.0722 e. The largest absolute Gasteiger partial charge is 0.344 e. The van der Waals surface area contributed by atoms with E-state index in [9.17, 15) is 0 Å². The summed E-state index contributed by atoms with van der Waals surface area (Å²) in [4.78, 5) is 5.08. The number of hydrogen-bond donors (Lipinski definition) is 0. The van der Waals surface area contributed by atoms with Crippen molar-refractivity contribution in [2.75, 3.05) is 0 Å². The van der Waals surface area contributed by atoms with E-state index in [1.807, 2.05) is 0 Å². The van der Waals surface area contributed by atoms with Gasteiger partial charge in [0.15, 0.2) is 0 Å². The molecule has 2 heteroatoms. The second-order valence-electron chi connectivity index (χ2n) is 8.11. The summed E-state index contributed by atoms with van der Waals surface area (Å²) in [5, 5.41) is 3.83. The van der Waals surface area contributed by atoms with Crippen molar-refractivity contribution in [1.29, 1.82) is 0 Å². The molecule has 7 rings (SSSR count). The van der Waals surface area contributed by atoms with Crippen LogP contribution in [0.1, 0.15) is 0 Å². The number of aromatic nitrogens is 2. The van der Waals surface area contributed by atoms with Crippen molar-refractivity contribution in [2.45, 2.75) is 0 Å². The van der Waals surface area contributed by atoms with Crippen LogP contribution in [-0.2, 0) is 7.05 Å². The highest BCUT2D eigenvalue weighted by Crippen LogP contribution is 2.47. The Morgan fingerprint density at radius 1 is 0.600 bits per heavy atom. The number of aryl methyl sites for hydroxylation is 1. The molecular formula is C28H18N2. The van der Waals surface area contributed by atoms with Crippen molar-refractivity contribution in [1.82, 2.24) is 9.55 Å². The molecule has 0 saturated carbocycles. The van der Waals surface area contributed by atoms with Crippen LogP contribution in [0.15, 0.2) is 91.0 Å². The lowest BCUT2D eigenvalue weighted by molar-refractivity contribution is 1.01. The summed E-state index contributed by atoms with van der Waals surface area (Å²) in [5.41, 5.74) is 11.0. The lowest BCUT2D eigenvalue weighted by Crippen LogP contribution is -1.89. The molecule has 0 atom stereocenters. The minimum absolute atomic E-state index is 1.03. The molecule has 0 N–H and O–H groups in total. The monoisotopic (exact) mass is 382 g/mol. The summed E-state index contributed by atoms with van der Waals surface area (Å²) < 4.78 is 2.27. The first-order chi connectivity index (χ1) is 14.8. The number of nitrogens with zero attached hydrogens (tertiary/aromatic N) is 2. The fourth-order valence-corrected chi connectivity index (χ4v) is 5.15. The predicted molar refractivity (Wildman–Crippen MR) is 126 cm³/mol. The Morgan fingerprint density at radius 2 is 1.33 bits per heavy atom. The van der Waals surface area contributed by atoms with E-state index in [1.54, 1.807) is 0 Å². The van der Waals surface area contributed by atoms with Gasteiger partial charge < -0.3 is 4.57 Å². The zero-order valence-corrected chi connectivity index (χ0v) is 16.6. The third-order valence-electron chi connectivity index (χ3n) is 6.55. The molecule has 0 aliphatic heterocycles. The first kappa shape index (κ1) is 15.9. The van der Waals surface area contributed by atoms with Crippen LogP contribution in [0.25, 0.3) is 66.2 Å². The summed E-state index contributed by atoms with van der Waals surface area (Å²) in [5.74, 6) is 0. The van der Waals surface area contributed by atoms with Crippen LogP contribution in [0.3, 0.4) is 0 Å². The normalized spacial score (nSPS) is 12.2. The summed E-state index contributed by atoms with van der Waals surface area (Å²) in [6.45, 7) is 0. The van der Waals surface area contributed by atoms with Gasteiger partial charge in [-0.2, -0.15) is 0 Å². The molecule has 6 aromatic rings. The number of benzene rings is 4. The Hall–Kier alpha value is -3.91. The van der Waals surface area contributed by atoms with Gasteiger partial charge >= 0.3 is 0 Å². The number of pyridine rings is 1. The van der Waals surface area contributed by atoms with Crippen molar-refractivity contribution >= 4 is 32.7 Å². The maximum Gasteiger partial charge on any atom is 0.0722 e. The molecule has 0 bridgehead atoms. The molecule has 0 amide bonds. The van der Waals surface area contributed by atoms with Gasteiger partial charge in [-0.15, -0.1) is 0 Å². The molecule has 2 nitrogen and oxygen atoms in total. The van der Waals surface area contributed by atoms with Crippen LogP contribution < -0.4 is 0 Å². The lowest BCUT2D eigenvalue weighted by atomic mass is 10.0. The fraction of sp³-hybridized carbons (Fsp3) is 0.0357. The number of rotatable bonds is 1. The van der Waals surface area contributed by atoms with E-state index in [-0.39, 0.29) is 0 Å². The molecule has 0 spiro atoms. The molecule has 2 heterocycles. The lowest BCUT2D eigenvalue weighted by Gasteiger charge is -2.08. The number of para-hydroxylation sites is 1. The second-order valence-corrected chi connectivity index (χ2v) is 8.11. The molecule has 1 aliphatic carbocycles. The van der Waals surface area contributed by atoms with Crippen LogP contribution in [0.2, 0.25) is 0 Å². The Morgan fingerprint density at radius 3 is 2.23 bits per heavy atom. The first-order valence-corrected chi connectivity index (χ1v) is 10.3. The van der Waals surface area contributed by atoms with Gasteiger partial charge in [-0.3, -0.25) is 0 Å². The molecule has 30 heavy (non-hydrogen) atoms. The van der Waals surface area contributed by atoms with Gasteiger partial charge in [0.2, 0.25) is 0 Å². The minimum atomic E-state index is 1.03. The van der Waals surface area contributed by atoms with Gasteiger partial charge in [-0.05, 0) is 52.6 Å². The molecule has 2 aromatic heterocycles. The van der Waals surface area contributed by atoms with Gasteiger partial charge in [-0.25, -0.2) is 4.98 Å². The van der Waals surface area contributed by atoms with Crippen molar-refractivity contribution < 1.29 is 0 Å². The molecule has 0 fully saturated rings. The second kappa shape index (κ2) is 5.58. The van der Waals surface area contributed by atoms with Crippen LogP contribution in [0.4, 0.5) is 0 Å². The van der Waals surface area contributed by atoms with E-state index in [1.165, 1.54) is 49.4 Å². The predicted octanol–water partition coefficient (Wildman–Crippen LogP) is 7.19. The summed E-state index contributed by atoms with van der Waals surface area (Å²) in [7, 11) is 2.14. The third-order valence-corrected chi connectivity index (χ3v) is 6.55. The third kappa shape index (κ3) is 1.95. The van der Waals surface area contributed by atoms with Crippen molar-refractivity contribution in [3.63, 3.8) is 0 Å². The van der Waals surface area contributed by atoms with E-state index < -0.39 is 0 Å². The topological polar surface area (TPSA) is 17.8 Å². The van der Waals surface area contributed by atoms with Gasteiger partial charge in [-0.1, -0.05) is 60.7 Å². The highest BCUT2D eigenvalue weighted by molar-refractivity contribution is 6.15.